The van der Waals surface area contributed by atoms with Crippen LogP contribution >= 0.6 is 0 Å². The Bertz CT molecular complexity index is 320. The Labute approximate surface area is 96.1 Å². The van der Waals surface area contributed by atoms with E-state index in [2.05, 4.69) is 6.58 Å². The van der Waals surface area contributed by atoms with Crippen LogP contribution in [0.3, 0.4) is 0 Å². The molecule has 3 unspecified atom stereocenters. The zero-order chi connectivity index (χ0) is 11.4. The van der Waals surface area contributed by atoms with Crippen LogP contribution in [-0.4, -0.2) is 12.0 Å². The first-order valence-electron chi connectivity index (χ1n) is 6.38. The van der Waals surface area contributed by atoms with Crippen molar-refractivity contribution >= 4 is 6.29 Å². The van der Waals surface area contributed by atoms with Gasteiger partial charge in [0, 0.05) is 5.41 Å². The number of allylic oxidation sites excluding steroid dienone is 1. The lowest BCUT2D eigenvalue weighted by Crippen LogP contribution is -2.58. The Morgan fingerprint density at radius 3 is 2.31 bits per heavy atom. The molecule has 4 fully saturated rings. The SMILES string of the molecule is C=CCC1(C=O)[C@@H]2CC3C[C@H]1CC(F)(C3)C2. The van der Waals surface area contributed by atoms with Gasteiger partial charge in [-0.25, -0.2) is 4.39 Å². The van der Waals surface area contributed by atoms with Crippen LogP contribution < -0.4 is 0 Å². The van der Waals surface area contributed by atoms with Crippen LogP contribution in [0.25, 0.3) is 0 Å². The van der Waals surface area contributed by atoms with Crippen molar-refractivity contribution < 1.29 is 9.18 Å². The van der Waals surface area contributed by atoms with Gasteiger partial charge < -0.3 is 4.79 Å². The largest absolute Gasteiger partial charge is 0.303 e. The summed E-state index contributed by atoms with van der Waals surface area (Å²) < 4.78 is 14.5. The van der Waals surface area contributed by atoms with Crippen molar-refractivity contribution in [2.45, 2.75) is 44.2 Å². The lowest BCUT2D eigenvalue weighted by molar-refractivity contribution is -0.165. The van der Waals surface area contributed by atoms with E-state index in [-0.39, 0.29) is 17.3 Å². The third-order valence-electron chi connectivity index (χ3n) is 5.35. The molecule has 0 aliphatic heterocycles. The number of carbonyl (C=O) groups is 1. The highest BCUT2D eigenvalue weighted by atomic mass is 19.1. The summed E-state index contributed by atoms with van der Waals surface area (Å²) in [6.45, 7) is 3.77. The maximum atomic E-state index is 14.5. The van der Waals surface area contributed by atoms with Crippen LogP contribution in [0.2, 0.25) is 0 Å². The van der Waals surface area contributed by atoms with E-state index in [1.54, 1.807) is 0 Å². The summed E-state index contributed by atoms with van der Waals surface area (Å²) in [5.41, 5.74) is -1.21. The number of hydrogen-bond acceptors (Lipinski definition) is 1. The van der Waals surface area contributed by atoms with Gasteiger partial charge in [-0.2, -0.15) is 0 Å². The number of carbonyl (C=O) groups excluding carboxylic acids is 1. The molecular weight excluding hydrogens is 203 g/mol. The molecule has 4 aliphatic rings. The molecule has 0 spiro atoms. The van der Waals surface area contributed by atoms with Gasteiger partial charge in [-0.05, 0) is 56.3 Å². The van der Waals surface area contributed by atoms with E-state index in [9.17, 15) is 9.18 Å². The number of hydrogen-bond donors (Lipinski definition) is 0. The normalized spacial score (nSPS) is 53.9. The van der Waals surface area contributed by atoms with Crippen molar-refractivity contribution in [2.75, 3.05) is 0 Å². The highest BCUT2D eigenvalue weighted by molar-refractivity contribution is 5.62. The van der Waals surface area contributed by atoms with E-state index in [1.807, 2.05) is 6.08 Å². The van der Waals surface area contributed by atoms with Crippen molar-refractivity contribution in [1.82, 2.24) is 0 Å². The molecule has 0 saturated heterocycles. The van der Waals surface area contributed by atoms with Gasteiger partial charge in [-0.3, -0.25) is 0 Å². The predicted molar refractivity (Wildman–Crippen MR) is 60.7 cm³/mol. The zero-order valence-electron chi connectivity index (χ0n) is 9.62. The van der Waals surface area contributed by atoms with Crippen molar-refractivity contribution in [2.24, 2.45) is 23.2 Å². The quantitative estimate of drug-likeness (QED) is 0.529. The second-order valence-electron chi connectivity index (χ2n) is 6.22. The fraction of sp³-hybridized carbons (Fsp3) is 0.786. The standard InChI is InChI=1S/C14H19FO/c1-2-3-14(9-16)11-4-10-5-12(14)8-13(15,6-10)7-11/h2,9-12H,1,3-8H2/t10?,11-,12+,13?,14?. The van der Waals surface area contributed by atoms with Gasteiger partial charge in [0.05, 0.1) is 0 Å². The molecule has 4 aliphatic carbocycles. The van der Waals surface area contributed by atoms with Crippen LogP contribution in [0, 0.1) is 23.2 Å². The lowest BCUT2D eigenvalue weighted by atomic mass is 9.44. The van der Waals surface area contributed by atoms with E-state index < -0.39 is 5.67 Å². The fourth-order valence-corrected chi connectivity index (χ4v) is 4.86. The fourth-order valence-electron chi connectivity index (χ4n) is 4.86. The molecule has 0 radical (unpaired) electrons. The molecular formula is C14H19FO. The average Bonchev–Trinajstić information content (AvgIpc) is 2.21. The second-order valence-corrected chi connectivity index (χ2v) is 6.22. The maximum Gasteiger partial charge on any atom is 0.127 e. The van der Waals surface area contributed by atoms with Gasteiger partial charge in [-0.15, -0.1) is 6.58 Å². The van der Waals surface area contributed by atoms with Crippen molar-refractivity contribution in [3.05, 3.63) is 12.7 Å². The third kappa shape index (κ3) is 1.19. The molecule has 0 aromatic rings. The van der Waals surface area contributed by atoms with Crippen LogP contribution in [0.5, 0.6) is 0 Å². The molecule has 88 valence electrons. The summed E-state index contributed by atoms with van der Waals surface area (Å²) in [5.74, 6) is 1.10. The van der Waals surface area contributed by atoms with Gasteiger partial charge in [0.1, 0.15) is 12.0 Å². The second kappa shape index (κ2) is 3.18. The Morgan fingerprint density at radius 2 is 1.88 bits per heavy atom. The predicted octanol–water partition coefficient (Wildman–Crippen LogP) is 3.30. The molecule has 0 aromatic heterocycles. The van der Waals surface area contributed by atoms with E-state index in [4.69, 9.17) is 0 Å². The monoisotopic (exact) mass is 222 g/mol. The molecule has 0 amide bonds. The molecule has 2 heteroatoms. The average molecular weight is 222 g/mol. The van der Waals surface area contributed by atoms with Gasteiger partial charge >= 0.3 is 0 Å². The molecule has 0 heterocycles. The maximum absolute atomic E-state index is 14.5. The molecule has 4 saturated carbocycles. The van der Waals surface area contributed by atoms with E-state index >= 15 is 0 Å². The van der Waals surface area contributed by atoms with Gasteiger partial charge in [0.15, 0.2) is 0 Å². The van der Waals surface area contributed by atoms with Crippen LogP contribution in [0.1, 0.15) is 38.5 Å². The Morgan fingerprint density at radius 1 is 1.25 bits per heavy atom. The Balaban J connectivity index is 1.98. The molecule has 1 nitrogen and oxygen atoms in total. The first-order chi connectivity index (χ1) is 7.62. The highest BCUT2D eigenvalue weighted by Crippen LogP contribution is 2.65. The smallest absolute Gasteiger partial charge is 0.127 e. The molecule has 5 atom stereocenters. The molecule has 4 bridgehead atoms. The van der Waals surface area contributed by atoms with E-state index in [0.717, 1.165) is 32.0 Å². The summed E-state index contributed by atoms with van der Waals surface area (Å²) in [4.78, 5) is 11.5. The van der Waals surface area contributed by atoms with Crippen molar-refractivity contribution in [3.63, 3.8) is 0 Å². The number of aldehydes is 1. The van der Waals surface area contributed by atoms with Gasteiger partial charge in [0.2, 0.25) is 0 Å². The Kier molecular flexibility index (Phi) is 2.08. The number of alkyl halides is 1. The van der Waals surface area contributed by atoms with E-state index in [1.165, 1.54) is 0 Å². The topological polar surface area (TPSA) is 17.1 Å². The molecule has 16 heavy (non-hydrogen) atoms. The van der Waals surface area contributed by atoms with Crippen LogP contribution in [-0.2, 0) is 4.79 Å². The summed E-state index contributed by atoms with van der Waals surface area (Å²) >= 11 is 0. The van der Waals surface area contributed by atoms with Gasteiger partial charge in [0.25, 0.3) is 0 Å². The van der Waals surface area contributed by atoms with Crippen molar-refractivity contribution in [1.29, 1.82) is 0 Å². The van der Waals surface area contributed by atoms with Crippen molar-refractivity contribution in [3.8, 4) is 0 Å². The summed E-state index contributed by atoms with van der Waals surface area (Å²) in [6, 6.07) is 0. The third-order valence-corrected chi connectivity index (χ3v) is 5.35. The minimum absolute atomic E-state index is 0.270. The molecule has 0 N–H and O–H groups in total. The highest BCUT2D eigenvalue weighted by Gasteiger charge is 2.62. The lowest BCUT2D eigenvalue weighted by Gasteiger charge is -2.61. The minimum Gasteiger partial charge on any atom is -0.303 e. The number of rotatable bonds is 3. The molecule has 0 aromatic carbocycles. The first-order valence-corrected chi connectivity index (χ1v) is 6.38. The summed E-state index contributed by atoms with van der Waals surface area (Å²) in [7, 11) is 0. The summed E-state index contributed by atoms with van der Waals surface area (Å²) in [5, 5.41) is 0. The zero-order valence-corrected chi connectivity index (χ0v) is 9.62. The Hall–Kier alpha value is -0.660. The molecule has 4 rings (SSSR count). The number of halogens is 1. The van der Waals surface area contributed by atoms with E-state index in [0.29, 0.717) is 18.8 Å². The summed E-state index contributed by atoms with van der Waals surface area (Å²) in [6.07, 6.45) is 7.84. The minimum atomic E-state index is -0.940. The van der Waals surface area contributed by atoms with Crippen LogP contribution in [0.4, 0.5) is 4.39 Å². The first kappa shape index (κ1) is 10.5. The van der Waals surface area contributed by atoms with Crippen LogP contribution in [0.15, 0.2) is 12.7 Å². The van der Waals surface area contributed by atoms with Gasteiger partial charge in [-0.1, -0.05) is 6.08 Å².